The van der Waals surface area contributed by atoms with Crippen molar-refractivity contribution in [3.8, 4) is 0 Å². The van der Waals surface area contributed by atoms with Crippen LogP contribution in [0.25, 0.3) is 0 Å². The van der Waals surface area contributed by atoms with Crippen LogP contribution >= 0.6 is 0 Å². The normalized spacial score (nSPS) is 24.3. The molecule has 0 unspecified atom stereocenters. The summed E-state index contributed by atoms with van der Waals surface area (Å²) in [6.07, 6.45) is 3.14. The van der Waals surface area contributed by atoms with Gasteiger partial charge in [-0.05, 0) is 16.7 Å². The highest BCUT2D eigenvalue weighted by molar-refractivity contribution is 5.39. The molecule has 0 aromatic heterocycles. The van der Waals surface area contributed by atoms with E-state index in [4.69, 9.17) is 4.74 Å². The molecule has 3 aliphatic rings. The molecule has 3 heterocycles. The van der Waals surface area contributed by atoms with Gasteiger partial charge in [0.2, 0.25) is 0 Å². The number of hydrogen-bond acceptors (Lipinski definition) is 2. The first-order chi connectivity index (χ1) is 15.7. The molecule has 3 saturated heterocycles. The lowest BCUT2D eigenvalue weighted by atomic mass is 9.56. The van der Waals surface area contributed by atoms with Crippen molar-refractivity contribution in [2.24, 2.45) is 5.41 Å². The van der Waals surface area contributed by atoms with Gasteiger partial charge in [-0.25, -0.2) is 0 Å². The second-order valence-corrected chi connectivity index (χ2v) is 9.75. The van der Waals surface area contributed by atoms with Crippen LogP contribution in [-0.4, -0.2) is 42.4 Å². The summed E-state index contributed by atoms with van der Waals surface area (Å²) in [5.74, 6) is 0. The summed E-state index contributed by atoms with van der Waals surface area (Å²) in [6, 6.07) is 31.1. The van der Waals surface area contributed by atoms with Crippen LogP contribution < -0.4 is 24.0 Å². The molecule has 3 nitrogen and oxygen atoms in total. The Morgan fingerprint density at radius 3 is 1.67 bits per heavy atom. The predicted octanol–water partition coefficient (Wildman–Crippen LogP) is 2.14. The van der Waals surface area contributed by atoms with Crippen molar-refractivity contribution in [3.05, 3.63) is 108 Å². The molecule has 1 N–H and O–H groups in total. The number of quaternary nitrogens is 1. The highest BCUT2D eigenvalue weighted by atomic mass is 127. The molecular weight excluding hydrogens is 521 g/mol. The summed E-state index contributed by atoms with van der Waals surface area (Å²) >= 11 is 0. The van der Waals surface area contributed by atoms with Crippen LogP contribution in [0, 0.1) is 5.41 Å². The Labute approximate surface area is 215 Å². The van der Waals surface area contributed by atoms with E-state index in [2.05, 4.69) is 72.8 Å². The maximum atomic E-state index is 12.4. The van der Waals surface area contributed by atoms with Gasteiger partial charge in [-0.3, -0.25) is 0 Å². The average molecular weight is 556 g/mol. The standard InChI is InChI=1S/C29H34NO2.HI/c31-29(26-12-6-2-7-13-26,27-14-8-3-9-15-27)28-16-19-30(20-17-28,21-18-28)22-23-32-24-25-10-4-1-5-11-25;/h1-15,31H,16-24H2;1H/q+1;/p-1. The van der Waals surface area contributed by atoms with Gasteiger partial charge in [0.15, 0.2) is 0 Å². The molecule has 0 spiro atoms. The maximum absolute atomic E-state index is 12.4. The number of piperidine rings is 3. The second-order valence-electron chi connectivity index (χ2n) is 9.75. The molecule has 0 aliphatic carbocycles. The Morgan fingerprint density at radius 1 is 0.727 bits per heavy atom. The minimum atomic E-state index is -0.949. The van der Waals surface area contributed by atoms with Gasteiger partial charge in [0, 0.05) is 24.7 Å². The lowest BCUT2D eigenvalue weighted by Crippen LogP contribution is -3.00. The summed E-state index contributed by atoms with van der Waals surface area (Å²) in [4.78, 5) is 0. The molecule has 3 aromatic rings. The van der Waals surface area contributed by atoms with E-state index in [-0.39, 0.29) is 29.4 Å². The number of ether oxygens (including phenoxy) is 1. The Bertz CT molecular complexity index is 946. The Kier molecular flexibility index (Phi) is 7.59. The van der Waals surface area contributed by atoms with E-state index in [1.807, 2.05) is 18.2 Å². The van der Waals surface area contributed by atoms with Crippen molar-refractivity contribution < 1.29 is 38.3 Å². The van der Waals surface area contributed by atoms with E-state index in [0.717, 1.165) is 67.7 Å². The zero-order valence-electron chi connectivity index (χ0n) is 19.2. The van der Waals surface area contributed by atoms with E-state index in [0.29, 0.717) is 6.61 Å². The van der Waals surface area contributed by atoms with Crippen LogP contribution in [-0.2, 0) is 16.9 Å². The summed E-state index contributed by atoms with van der Waals surface area (Å²) in [5, 5.41) is 12.4. The molecule has 3 aliphatic heterocycles. The van der Waals surface area contributed by atoms with Crippen LogP contribution in [0.4, 0.5) is 0 Å². The third-order valence-corrected chi connectivity index (χ3v) is 8.17. The third-order valence-electron chi connectivity index (χ3n) is 8.17. The summed E-state index contributed by atoms with van der Waals surface area (Å²) in [5.41, 5.74) is 2.23. The summed E-state index contributed by atoms with van der Waals surface area (Å²) in [6.45, 7) is 5.91. The van der Waals surface area contributed by atoms with Crippen LogP contribution in [0.1, 0.15) is 36.0 Å². The van der Waals surface area contributed by atoms with Crippen LogP contribution in [0.2, 0.25) is 0 Å². The van der Waals surface area contributed by atoms with E-state index < -0.39 is 5.60 Å². The first kappa shape index (κ1) is 24.4. The number of aliphatic hydroxyl groups is 1. The van der Waals surface area contributed by atoms with E-state index in [1.54, 1.807) is 0 Å². The largest absolute Gasteiger partial charge is 1.00 e. The molecule has 6 rings (SSSR count). The lowest BCUT2D eigenvalue weighted by Gasteiger charge is -2.60. The van der Waals surface area contributed by atoms with Crippen LogP contribution in [0.15, 0.2) is 91.0 Å². The zero-order valence-corrected chi connectivity index (χ0v) is 21.4. The Balaban J connectivity index is 0.00000259. The topological polar surface area (TPSA) is 29.5 Å². The van der Waals surface area contributed by atoms with Gasteiger partial charge in [-0.1, -0.05) is 91.0 Å². The van der Waals surface area contributed by atoms with Crippen LogP contribution in [0.3, 0.4) is 0 Å². The first-order valence-corrected chi connectivity index (χ1v) is 12.0. The average Bonchev–Trinajstić information content (AvgIpc) is 2.89. The van der Waals surface area contributed by atoms with Gasteiger partial charge in [-0.2, -0.15) is 0 Å². The highest BCUT2D eigenvalue weighted by Crippen LogP contribution is 2.57. The van der Waals surface area contributed by atoms with Gasteiger partial charge < -0.3 is 38.3 Å². The fraction of sp³-hybridized carbons (Fsp3) is 0.379. The molecule has 33 heavy (non-hydrogen) atoms. The van der Waals surface area contributed by atoms with Crippen molar-refractivity contribution in [1.29, 1.82) is 0 Å². The summed E-state index contributed by atoms with van der Waals surface area (Å²) in [7, 11) is 0. The Hall–Kier alpha value is -1.73. The van der Waals surface area contributed by atoms with Gasteiger partial charge in [0.1, 0.15) is 12.1 Å². The number of fused-ring (bicyclic) bond motifs is 3. The quantitative estimate of drug-likeness (QED) is 0.262. The van der Waals surface area contributed by atoms with Crippen molar-refractivity contribution in [1.82, 2.24) is 0 Å². The van der Waals surface area contributed by atoms with E-state index in [9.17, 15) is 5.11 Å². The highest BCUT2D eigenvalue weighted by Gasteiger charge is 2.60. The molecule has 174 valence electrons. The van der Waals surface area contributed by atoms with Crippen molar-refractivity contribution in [2.75, 3.05) is 32.8 Å². The third kappa shape index (κ3) is 4.63. The molecule has 0 radical (unpaired) electrons. The van der Waals surface area contributed by atoms with E-state index >= 15 is 0 Å². The molecule has 3 aromatic carbocycles. The predicted molar refractivity (Wildman–Crippen MR) is 128 cm³/mol. The smallest absolute Gasteiger partial charge is 0.121 e. The van der Waals surface area contributed by atoms with Crippen molar-refractivity contribution in [2.45, 2.75) is 31.5 Å². The molecule has 2 bridgehead atoms. The lowest BCUT2D eigenvalue weighted by molar-refractivity contribution is -0.946. The maximum Gasteiger partial charge on any atom is 0.121 e. The first-order valence-electron chi connectivity index (χ1n) is 12.0. The zero-order chi connectivity index (χ0) is 21.9. The summed E-state index contributed by atoms with van der Waals surface area (Å²) < 4.78 is 7.17. The number of benzene rings is 3. The number of rotatable bonds is 8. The van der Waals surface area contributed by atoms with Gasteiger partial charge in [0.25, 0.3) is 0 Å². The molecule has 4 heteroatoms. The second kappa shape index (κ2) is 10.3. The fourth-order valence-electron chi connectivity index (χ4n) is 6.10. The number of halogens is 1. The monoisotopic (exact) mass is 555 g/mol. The minimum Gasteiger partial charge on any atom is -1.00 e. The minimum absolute atomic E-state index is 0. The fourth-order valence-corrected chi connectivity index (χ4v) is 6.10. The van der Waals surface area contributed by atoms with E-state index in [1.165, 1.54) is 5.56 Å². The number of hydrogen-bond donors (Lipinski definition) is 1. The van der Waals surface area contributed by atoms with Gasteiger partial charge in [-0.15, -0.1) is 0 Å². The van der Waals surface area contributed by atoms with Gasteiger partial charge in [0.05, 0.1) is 32.8 Å². The molecule has 0 amide bonds. The molecular formula is C29H34INO2. The molecule has 0 atom stereocenters. The van der Waals surface area contributed by atoms with Crippen molar-refractivity contribution in [3.63, 3.8) is 0 Å². The van der Waals surface area contributed by atoms with Gasteiger partial charge >= 0.3 is 0 Å². The van der Waals surface area contributed by atoms with Crippen LogP contribution in [0.5, 0.6) is 0 Å². The number of nitrogens with zero attached hydrogens (tertiary/aromatic N) is 1. The Morgan fingerprint density at radius 2 is 1.18 bits per heavy atom. The molecule has 3 fully saturated rings. The van der Waals surface area contributed by atoms with Crippen molar-refractivity contribution >= 4 is 0 Å². The SMILES string of the molecule is OC(c1ccccc1)(c1ccccc1)C12CC[N+](CCOCc3ccccc3)(CC1)CC2.[I-]. The molecule has 0 saturated carbocycles.